The summed E-state index contributed by atoms with van der Waals surface area (Å²) in [6, 6.07) is 6.04. The van der Waals surface area contributed by atoms with E-state index in [9.17, 15) is 0 Å². The summed E-state index contributed by atoms with van der Waals surface area (Å²) in [5.74, 6) is 0. The summed E-state index contributed by atoms with van der Waals surface area (Å²) < 4.78 is 0. The van der Waals surface area contributed by atoms with Crippen molar-refractivity contribution in [1.29, 1.82) is 0 Å². The van der Waals surface area contributed by atoms with Crippen LogP contribution in [0.15, 0.2) is 23.1 Å². The van der Waals surface area contributed by atoms with E-state index >= 15 is 0 Å². The number of nitrogens with two attached hydrogens (primary N) is 1. The molecule has 18 heavy (non-hydrogen) atoms. The summed E-state index contributed by atoms with van der Waals surface area (Å²) in [4.78, 5) is 3.63. The third-order valence-corrected chi connectivity index (χ3v) is 3.66. The van der Waals surface area contributed by atoms with Crippen molar-refractivity contribution in [2.24, 2.45) is 5.73 Å². The van der Waals surface area contributed by atoms with E-state index in [1.807, 2.05) is 24.5 Å². The fraction of sp³-hybridized carbons (Fsp3) is 0.462. The molecule has 0 unspecified atom stereocenters. The zero-order valence-electron chi connectivity index (χ0n) is 10.8. The van der Waals surface area contributed by atoms with Crippen molar-refractivity contribution < 1.29 is 5.11 Å². The van der Waals surface area contributed by atoms with Crippen LogP contribution in [0.25, 0.3) is 0 Å². The van der Waals surface area contributed by atoms with Gasteiger partial charge in [-0.05, 0) is 24.8 Å². The molecule has 0 aromatic heterocycles. The highest BCUT2D eigenvalue weighted by Gasteiger charge is 2.15. The van der Waals surface area contributed by atoms with Crippen molar-refractivity contribution in [3.63, 3.8) is 0 Å². The van der Waals surface area contributed by atoms with Crippen LogP contribution in [0.5, 0.6) is 0 Å². The van der Waals surface area contributed by atoms with Gasteiger partial charge >= 0.3 is 0 Å². The lowest BCUT2D eigenvalue weighted by Crippen LogP contribution is -2.30. The number of hydrogen-bond acceptors (Lipinski definition) is 4. The summed E-state index contributed by atoms with van der Waals surface area (Å²) in [5.41, 5.74) is 7.79. The molecular weight excluding hydrogens is 264 g/mol. The van der Waals surface area contributed by atoms with Gasteiger partial charge in [0.2, 0.25) is 0 Å². The summed E-state index contributed by atoms with van der Waals surface area (Å²) in [5, 5.41) is 9.17. The van der Waals surface area contributed by atoms with E-state index in [0.29, 0.717) is 11.5 Å². The second kappa shape index (κ2) is 7.61. The van der Waals surface area contributed by atoms with Gasteiger partial charge in [0.25, 0.3) is 0 Å². The maximum absolute atomic E-state index is 9.17. The number of aliphatic hydroxyl groups is 1. The minimum Gasteiger partial charge on any atom is -0.395 e. The van der Waals surface area contributed by atoms with Gasteiger partial charge in [-0.2, -0.15) is 0 Å². The predicted octanol–water partition coefficient (Wildman–Crippen LogP) is 2.25. The molecule has 0 aliphatic heterocycles. The molecule has 3 N–H and O–H groups in total. The molecule has 0 saturated heterocycles. The van der Waals surface area contributed by atoms with Gasteiger partial charge in [0.1, 0.15) is 4.99 Å². The normalized spacial score (nSPS) is 10.4. The maximum Gasteiger partial charge on any atom is 0.107 e. The smallest absolute Gasteiger partial charge is 0.107 e. The Kier molecular flexibility index (Phi) is 6.46. The highest BCUT2D eigenvalue weighted by molar-refractivity contribution is 7.98. The van der Waals surface area contributed by atoms with Gasteiger partial charge in [0.05, 0.1) is 6.61 Å². The SMILES string of the molecule is CCCN(CCO)c1cccc(SC)c1C(N)=S. The van der Waals surface area contributed by atoms with Gasteiger partial charge in [-0.25, -0.2) is 0 Å². The molecular formula is C13H20N2OS2. The van der Waals surface area contributed by atoms with E-state index < -0.39 is 0 Å². The third-order valence-electron chi connectivity index (χ3n) is 2.67. The van der Waals surface area contributed by atoms with Crippen LogP contribution in [0.1, 0.15) is 18.9 Å². The zero-order valence-corrected chi connectivity index (χ0v) is 12.5. The van der Waals surface area contributed by atoms with E-state index in [1.54, 1.807) is 11.8 Å². The van der Waals surface area contributed by atoms with Crippen molar-refractivity contribution in [2.45, 2.75) is 18.2 Å². The summed E-state index contributed by atoms with van der Waals surface area (Å²) >= 11 is 6.80. The Balaban J connectivity index is 3.23. The highest BCUT2D eigenvalue weighted by Crippen LogP contribution is 2.29. The minimum atomic E-state index is 0.125. The summed E-state index contributed by atoms with van der Waals surface area (Å²) in [6.07, 6.45) is 3.03. The molecule has 0 radical (unpaired) electrons. The Hall–Kier alpha value is -0.780. The van der Waals surface area contributed by atoms with E-state index in [1.165, 1.54) is 0 Å². The second-order valence-corrected chi connectivity index (χ2v) is 5.22. The van der Waals surface area contributed by atoms with Gasteiger partial charge in [-0.1, -0.05) is 25.2 Å². The van der Waals surface area contributed by atoms with Gasteiger partial charge in [0.15, 0.2) is 0 Å². The largest absolute Gasteiger partial charge is 0.395 e. The molecule has 0 bridgehead atoms. The molecule has 0 amide bonds. The molecule has 0 heterocycles. The average molecular weight is 284 g/mol. The van der Waals surface area contributed by atoms with Crippen LogP contribution in [-0.4, -0.2) is 36.0 Å². The number of rotatable bonds is 7. The summed E-state index contributed by atoms with van der Waals surface area (Å²) in [6.45, 7) is 3.72. The molecule has 1 aromatic rings. The molecule has 0 spiro atoms. The fourth-order valence-corrected chi connectivity index (χ4v) is 2.86. The van der Waals surface area contributed by atoms with Crippen molar-refractivity contribution in [3.05, 3.63) is 23.8 Å². The Morgan fingerprint density at radius 3 is 2.67 bits per heavy atom. The highest BCUT2D eigenvalue weighted by atomic mass is 32.2. The van der Waals surface area contributed by atoms with Gasteiger partial charge in [0, 0.05) is 29.2 Å². The number of benzene rings is 1. The van der Waals surface area contributed by atoms with E-state index in [2.05, 4.69) is 11.8 Å². The molecule has 1 aromatic carbocycles. The Morgan fingerprint density at radius 1 is 1.44 bits per heavy atom. The monoisotopic (exact) mass is 284 g/mol. The number of anilines is 1. The van der Waals surface area contributed by atoms with Crippen molar-refractivity contribution in [3.8, 4) is 0 Å². The molecule has 3 nitrogen and oxygen atoms in total. The van der Waals surface area contributed by atoms with Crippen LogP contribution in [0.3, 0.4) is 0 Å². The van der Waals surface area contributed by atoms with Crippen LogP contribution >= 0.6 is 24.0 Å². The first-order valence-corrected chi connectivity index (χ1v) is 7.61. The summed E-state index contributed by atoms with van der Waals surface area (Å²) in [7, 11) is 0. The van der Waals surface area contributed by atoms with E-state index in [0.717, 1.165) is 29.1 Å². The lowest BCUT2D eigenvalue weighted by atomic mass is 10.1. The molecule has 0 fully saturated rings. The molecule has 1 rings (SSSR count). The van der Waals surface area contributed by atoms with Gasteiger partial charge in [-0.15, -0.1) is 11.8 Å². The number of thioether (sulfide) groups is 1. The second-order valence-electron chi connectivity index (χ2n) is 3.93. The van der Waals surface area contributed by atoms with Crippen LogP contribution in [0, 0.1) is 0 Å². The van der Waals surface area contributed by atoms with Gasteiger partial charge < -0.3 is 15.7 Å². The number of aliphatic hydroxyl groups excluding tert-OH is 1. The molecule has 0 saturated carbocycles. The van der Waals surface area contributed by atoms with Crippen LogP contribution < -0.4 is 10.6 Å². The molecule has 100 valence electrons. The van der Waals surface area contributed by atoms with Crippen LogP contribution in [0.4, 0.5) is 5.69 Å². The number of thiocarbonyl (C=S) groups is 1. The molecule has 0 atom stereocenters. The first-order valence-electron chi connectivity index (χ1n) is 5.98. The molecule has 0 aliphatic carbocycles. The number of nitrogens with zero attached hydrogens (tertiary/aromatic N) is 1. The topological polar surface area (TPSA) is 49.5 Å². The maximum atomic E-state index is 9.17. The predicted molar refractivity (Wildman–Crippen MR) is 83.7 cm³/mol. The third kappa shape index (κ3) is 3.60. The van der Waals surface area contributed by atoms with Crippen LogP contribution in [-0.2, 0) is 0 Å². The van der Waals surface area contributed by atoms with E-state index in [4.69, 9.17) is 23.1 Å². The standard InChI is InChI=1S/C13H20N2OS2/c1-3-7-15(8-9-16)10-5-4-6-11(18-2)12(10)13(14)17/h4-6,16H,3,7-9H2,1-2H3,(H2,14,17). The van der Waals surface area contributed by atoms with E-state index in [-0.39, 0.29) is 6.61 Å². The Bertz CT molecular complexity index is 404. The lowest BCUT2D eigenvalue weighted by molar-refractivity contribution is 0.302. The molecule has 5 heteroatoms. The van der Waals surface area contributed by atoms with Crippen molar-refractivity contribution in [2.75, 3.05) is 30.9 Å². The van der Waals surface area contributed by atoms with Crippen molar-refractivity contribution in [1.82, 2.24) is 0 Å². The van der Waals surface area contributed by atoms with Crippen molar-refractivity contribution >= 4 is 34.7 Å². The average Bonchev–Trinajstić information content (AvgIpc) is 2.37. The minimum absolute atomic E-state index is 0.125. The Labute approximate surface area is 118 Å². The Morgan fingerprint density at radius 2 is 2.17 bits per heavy atom. The zero-order chi connectivity index (χ0) is 13.5. The van der Waals surface area contributed by atoms with Crippen LogP contribution in [0.2, 0.25) is 0 Å². The fourth-order valence-electron chi connectivity index (χ4n) is 1.94. The quantitative estimate of drug-likeness (QED) is 0.594. The molecule has 0 aliphatic rings. The first-order chi connectivity index (χ1) is 8.65. The lowest BCUT2D eigenvalue weighted by Gasteiger charge is -2.26. The number of hydrogen-bond donors (Lipinski definition) is 2. The van der Waals surface area contributed by atoms with Gasteiger partial charge in [-0.3, -0.25) is 0 Å². The first kappa shape index (κ1) is 15.3.